The summed E-state index contributed by atoms with van der Waals surface area (Å²) < 4.78 is 13.5. The lowest BCUT2D eigenvalue weighted by Gasteiger charge is -2.23. The molecule has 1 amide bonds. The minimum absolute atomic E-state index is 0.148. The predicted octanol–water partition coefficient (Wildman–Crippen LogP) is 3.90. The first kappa shape index (κ1) is 16.4. The largest absolute Gasteiger partial charge is 0.381 e. The Morgan fingerprint density at radius 3 is 2.62 bits per heavy atom. The molecule has 1 heterocycles. The second-order valence-corrected chi connectivity index (χ2v) is 6.19. The summed E-state index contributed by atoms with van der Waals surface area (Å²) in [7, 11) is 0. The summed E-state index contributed by atoms with van der Waals surface area (Å²) in [6.07, 6.45) is 7.91. The van der Waals surface area contributed by atoms with Gasteiger partial charge >= 0.3 is 0 Å². The lowest BCUT2D eigenvalue weighted by Crippen LogP contribution is -2.25. The van der Waals surface area contributed by atoms with Crippen LogP contribution in [0.15, 0.2) is 42.6 Å². The van der Waals surface area contributed by atoms with E-state index in [-0.39, 0.29) is 18.3 Å². The Morgan fingerprint density at radius 1 is 1.12 bits per heavy atom. The zero-order chi connectivity index (χ0) is 16.8. The first-order chi connectivity index (χ1) is 11.7. The molecular formula is C19H22FN3O. The van der Waals surface area contributed by atoms with Gasteiger partial charge in [0.1, 0.15) is 11.5 Å². The fraction of sp³-hybridized carbons (Fsp3) is 0.368. The van der Waals surface area contributed by atoms with Crippen LogP contribution in [0.5, 0.6) is 0 Å². The molecule has 0 bridgehead atoms. The maximum Gasteiger partial charge on any atom is 0.270 e. The van der Waals surface area contributed by atoms with E-state index in [1.165, 1.54) is 38.2 Å². The normalized spacial score (nSPS) is 15.0. The minimum atomic E-state index is -0.321. The molecule has 126 valence electrons. The van der Waals surface area contributed by atoms with Crippen LogP contribution >= 0.6 is 0 Å². The van der Waals surface area contributed by atoms with Gasteiger partial charge in [0.25, 0.3) is 5.91 Å². The standard InChI is InChI=1S/C19H22FN3O/c20-17-9-5-4-6-14(17)12-22-19(24)18-11-10-16(13-21-18)23-15-7-2-1-3-8-15/h4-6,9-11,13,15,23H,1-3,7-8,12H2,(H,22,24). The fourth-order valence-electron chi connectivity index (χ4n) is 3.00. The third-order valence-corrected chi connectivity index (χ3v) is 4.37. The van der Waals surface area contributed by atoms with Gasteiger partial charge in [-0.15, -0.1) is 0 Å². The number of pyridine rings is 1. The van der Waals surface area contributed by atoms with Crippen LogP contribution in [0.1, 0.15) is 48.2 Å². The van der Waals surface area contributed by atoms with Gasteiger partial charge in [-0.3, -0.25) is 4.79 Å². The van der Waals surface area contributed by atoms with Gasteiger partial charge in [-0.1, -0.05) is 37.5 Å². The second kappa shape index (κ2) is 7.90. The van der Waals surface area contributed by atoms with E-state index in [1.54, 1.807) is 30.5 Å². The Bertz CT molecular complexity index is 681. The molecule has 0 saturated heterocycles. The lowest BCUT2D eigenvalue weighted by atomic mass is 9.95. The van der Waals surface area contributed by atoms with Gasteiger partial charge in [-0.2, -0.15) is 0 Å². The number of rotatable bonds is 5. The molecule has 2 N–H and O–H groups in total. The Labute approximate surface area is 141 Å². The molecule has 1 aliphatic carbocycles. The van der Waals surface area contributed by atoms with Gasteiger partial charge in [-0.25, -0.2) is 9.37 Å². The molecule has 2 aromatic rings. The van der Waals surface area contributed by atoms with Gasteiger partial charge in [0.05, 0.1) is 11.9 Å². The number of hydrogen-bond donors (Lipinski definition) is 2. The number of carbonyl (C=O) groups is 1. The SMILES string of the molecule is O=C(NCc1ccccc1F)c1ccc(NC2CCCCC2)cn1. The zero-order valence-electron chi connectivity index (χ0n) is 13.6. The molecule has 1 fully saturated rings. The molecular weight excluding hydrogens is 305 g/mol. The molecule has 0 unspecified atom stereocenters. The number of anilines is 1. The van der Waals surface area contributed by atoms with Crippen molar-refractivity contribution in [2.24, 2.45) is 0 Å². The minimum Gasteiger partial charge on any atom is -0.381 e. The number of halogens is 1. The van der Waals surface area contributed by atoms with E-state index in [4.69, 9.17) is 0 Å². The van der Waals surface area contributed by atoms with Crippen LogP contribution in [0.2, 0.25) is 0 Å². The molecule has 5 heteroatoms. The smallest absolute Gasteiger partial charge is 0.270 e. The summed E-state index contributed by atoms with van der Waals surface area (Å²) in [5.41, 5.74) is 1.73. The van der Waals surface area contributed by atoms with Gasteiger partial charge in [-0.05, 0) is 31.0 Å². The van der Waals surface area contributed by atoms with Gasteiger partial charge in [0, 0.05) is 18.2 Å². The van der Waals surface area contributed by atoms with Crippen LogP contribution in [0.4, 0.5) is 10.1 Å². The zero-order valence-corrected chi connectivity index (χ0v) is 13.6. The first-order valence-electron chi connectivity index (χ1n) is 8.46. The van der Waals surface area contributed by atoms with Gasteiger partial charge in [0.15, 0.2) is 0 Å². The number of hydrogen-bond acceptors (Lipinski definition) is 3. The van der Waals surface area contributed by atoms with E-state index in [0.717, 1.165) is 5.69 Å². The molecule has 0 aliphatic heterocycles. The van der Waals surface area contributed by atoms with Crippen molar-refractivity contribution < 1.29 is 9.18 Å². The van der Waals surface area contributed by atoms with E-state index in [2.05, 4.69) is 15.6 Å². The van der Waals surface area contributed by atoms with Crippen molar-refractivity contribution in [1.82, 2.24) is 10.3 Å². The van der Waals surface area contributed by atoms with Crippen molar-refractivity contribution in [2.75, 3.05) is 5.32 Å². The van der Waals surface area contributed by atoms with Crippen LogP contribution in [0, 0.1) is 5.82 Å². The highest BCUT2D eigenvalue weighted by Crippen LogP contribution is 2.21. The summed E-state index contributed by atoms with van der Waals surface area (Å²) in [5, 5.41) is 6.16. The van der Waals surface area contributed by atoms with Crippen LogP contribution < -0.4 is 10.6 Å². The number of carbonyl (C=O) groups excluding carboxylic acids is 1. The topological polar surface area (TPSA) is 54.0 Å². The molecule has 0 spiro atoms. The Balaban J connectivity index is 1.54. The quantitative estimate of drug-likeness (QED) is 0.876. The molecule has 1 aromatic carbocycles. The number of amides is 1. The number of benzene rings is 1. The molecule has 1 aliphatic rings. The average Bonchev–Trinajstić information content (AvgIpc) is 2.62. The maximum atomic E-state index is 13.5. The molecule has 1 saturated carbocycles. The van der Waals surface area contributed by atoms with Crippen molar-refractivity contribution in [1.29, 1.82) is 0 Å². The van der Waals surface area contributed by atoms with Crippen LogP contribution in [-0.4, -0.2) is 16.9 Å². The molecule has 3 rings (SSSR count). The molecule has 1 aromatic heterocycles. The Hall–Kier alpha value is -2.43. The van der Waals surface area contributed by atoms with Crippen molar-refractivity contribution in [3.05, 3.63) is 59.7 Å². The van der Waals surface area contributed by atoms with Gasteiger partial charge in [0.2, 0.25) is 0 Å². The van der Waals surface area contributed by atoms with Crippen LogP contribution in [0.3, 0.4) is 0 Å². The van der Waals surface area contributed by atoms with Crippen LogP contribution in [0.25, 0.3) is 0 Å². The third kappa shape index (κ3) is 4.31. The van der Waals surface area contributed by atoms with E-state index >= 15 is 0 Å². The lowest BCUT2D eigenvalue weighted by molar-refractivity contribution is 0.0945. The number of nitrogens with one attached hydrogen (secondary N) is 2. The summed E-state index contributed by atoms with van der Waals surface area (Å²) in [4.78, 5) is 16.3. The number of nitrogens with zero attached hydrogens (tertiary/aromatic N) is 1. The van der Waals surface area contributed by atoms with Crippen molar-refractivity contribution in [3.63, 3.8) is 0 Å². The highest BCUT2D eigenvalue weighted by molar-refractivity contribution is 5.92. The third-order valence-electron chi connectivity index (χ3n) is 4.37. The maximum absolute atomic E-state index is 13.5. The first-order valence-corrected chi connectivity index (χ1v) is 8.46. The number of aromatic nitrogens is 1. The molecule has 0 atom stereocenters. The van der Waals surface area contributed by atoms with E-state index in [0.29, 0.717) is 17.3 Å². The molecule has 4 nitrogen and oxygen atoms in total. The molecule has 0 radical (unpaired) electrons. The fourth-order valence-corrected chi connectivity index (χ4v) is 3.00. The average molecular weight is 327 g/mol. The highest BCUT2D eigenvalue weighted by Gasteiger charge is 2.13. The summed E-state index contributed by atoms with van der Waals surface area (Å²) in [6, 6.07) is 10.5. The van der Waals surface area contributed by atoms with E-state index in [9.17, 15) is 9.18 Å². The molecule has 24 heavy (non-hydrogen) atoms. The Morgan fingerprint density at radius 2 is 1.92 bits per heavy atom. The Kier molecular flexibility index (Phi) is 5.41. The summed E-state index contributed by atoms with van der Waals surface area (Å²) in [6.45, 7) is 0.148. The van der Waals surface area contributed by atoms with E-state index < -0.39 is 0 Å². The summed E-state index contributed by atoms with van der Waals surface area (Å²) in [5.74, 6) is -0.625. The van der Waals surface area contributed by atoms with Crippen molar-refractivity contribution in [2.45, 2.75) is 44.7 Å². The monoisotopic (exact) mass is 327 g/mol. The predicted molar refractivity (Wildman–Crippen MR) is 92.3 cm³/mol. The van der Waals surface area contributed by atoms with Gasteiger partial charge < -0.3 is 10.6 Å². The second-order valence-electron chi connectivity index (χ2n) is 6.19. The summed E-state index contributed by atoms with van der Waals surface area (Å²) >= 11 is 0. The van der Waals surface area contributed by atoms with E-state index in [1.807, 2.05) is 6.07 Å². The highest BCUT2D eigenvalue weighted by atomic mass is 19.1. The van der Waals surface area contributed by atoms with Crippen LogP contribution in [-0.2, 0) is 6.54 Å². The van der Waals surface area contributed by atoms with Crippen molar-refractivity contribution >= 4 is 11.6 Å². The van der Waals surface area contributed by atoms with Crippen molar-refractivity contribution in [3.8, 4) is 0 Å².